The number of nitrogens with zero attached hydrogens (tertiary/aromatic N) is 1. The van der Waals surface area contributed by atoms with Crippen LogP contribution in [0.25, 0.3) is 0 Å². The van der Waals surface area contributed by atoms with Crippen molar-refractivity contribution in [3.8, 4) is 11.5 Å². The molecule has 112 valence electrons. The van der Waals surface area contributed by atoms with E-state index >= 15 is 0 Å². The third-order valence-electron chi connectivity index (χ3n) is 3.16. The van der Waals surface area contributed by atoms with Crippen LogP contribution in [0.15, 0.2) is 18.2 Å². The molecule has 2 N–H and O–H groups in total. The van der Waals surface area contributed by atoms with Crippen molar-refractivity contribution in [3.05, 3.63) is 23.8 Å². The summed E-state index contributed by atoms with van der Waals surface area (Å²) in [4.78, 5) is 14.1. The molecule has 0 saturated heterocycles. The number of nitrogens with two attached hydrogens (primary N) is 1. The van der Waals surface area contributed by atoms with Crippen LogP contribution in [0.2, 0.25) is 0 Å². The van der Waals surface area contributed by atoms with E-state index < -0.39 is 0 Å². The predicted octanol–water partition coefficient (Wildman–Crippen LogP) is 1.76. The van der Waals surface area contributed by atoms with Gasteiger partial charge in [-0.3, -0.25) is 4.79 Å². The van der Waals surface area contributed by atoms with Gasteiger partial charge in [0.2, 0.25) is 0 Å². The summed E-state index contributed by atoms with van der Waals surface area (Å²) in [7, 11) is 4.89. The first-order chi connectivity index (χ1) is 9.32. The normalized spacial score (nSPS) is 11.1. The van der Waals surface area contributed by atoms with E-state index in [-0.39, 0.29) is 11.3 Å². The van der Waals surface area contributed by atoms with Crippen molar-refractivity contribution in [2.45, 2.75) is 13.8 Å². The second-order valence-electron chi connectivity index (χ2n) is 5.63. The van der Waals surface area contributed by atoms with E-state index in [9.17, 15) is 4.79 Å². The molecule has 0 saturated carbocycles. The molecule has 0 unspecified atom stereocenters. The molecule has 1 aromatic carbocycles. The van der Waals surface area contributed by atoms with Gasteiger partial charge in [0, 0.05) is 25.2 Å². The maximum absolute atomic E-state index is 12.4. The fourth-order valence-electron chi connectivity index (χ4n) is 1.93. The molecule has 0 aliphatic rings. The standard InChI is InChI=1S/C15H24N2O3/c1-15(2,9-16)10-17(3)14(18)11-6-12(19-4)8-13(7-11)20-5/h6-8H,9-10,16H2,1-5H3. The maximum atomic E-state index is 12.4. The Morgan fingerprint density at radius 1 is 1.20 bits per heavy atom. The lowest BCUT2D eigenvalue weighted by Crippen LogP contribution is -2.39. The lowest BCUT2D eigenvalue weighted by molar-refractivity contribution is 0.0740. The van der Waals surface area contributed by atoms with Gasteiger partial charge in [0.15, 0.2) is 0 Å². The molecule has 0 bridgehead atoms. The van der Waals surface area contributed by atoms with Crippen molar-refractivity contribution in [1.82, 2.24) is 4.90 Å². The topological polar surface area (TPSA) is 64.8 Å². The van der Waals surface area contributed by atoms with Gasteiger partial charge in [-0.15, -0.1) is 0 Å². The van der Waals surface area contributed by atoms with Crippen LogP contribution in [0.3, 0.4) is 0 Å². The fourth-order valence-corrected chi connectivity index (χ4v) is 1.93. The molecule has 0 heterocycles. The summed E-state index contributed by atoms with van der Waals surface area (Å²) in [5.41, 5.74) is 6.13. The van der Waals surface area contributed by atoms with Crippen LogP contribution in [-0.4, -0.2) is 45.2 Å². The van der Waals surface area contributed by atoms with Crippen LogP contribution in [0, 0.1) is 5.41 Å². The molecule has 0 aliphatic heterocycles. The first-order valence-corrected chi connectivity index (χ1v) is 6.51. The average Bonchev–Trinajstić information content (AvgIpc) is 2.45. The molecule has 5 nitrogen and oxygen atoms in total. The van der Waals surface area contributed by atoms with Gasteiger partial charge in [0.05, 0.1) is 14.2 Å². The summed E-state index contributed by atoms with van der Waals surface area (Å²) >= 11 is 0. The van der Waals surface area contributed by atoms with Crippen LogP contribution in [0.4, 0.5) is 0 Å². The Morgan fingerprint density at radius 2 is 1.70 bits per heavy atom. The van der Waals surface area contributed by atoms with E-state index in [4.69, 9.17) is 15.2 Å². The van der Waals surface area contributed by atoms with E-state index in [0.29, 0.717) is 30.2 Å². The van der Waals surface area contributed by atoms with Crippen molar-refractivity contribution in [3.63, 3.8) is 0 Å². The zero-order chi connectivity index (χ0) is 15.3. The molecule has 0 fully saturated rings. The number of amides is 1. The zero-order valence-corrected chi connectivity index (χ0v) is 12.9. The third kappa shape index (κ3) is 4.13. The van der Waals surface area contributed by atoms with Gasteiger partial charge >= 0.3 is 0 Å². The molecular formula is C15H24N2O3. The van der Waals surface area contributed by atoms with Gasteiger partial charge in [-0.25, -0.2) is 0 Å². The number of carbonyl (C=O) groups is 1. The Morgan fingerprint density at radius 3 is 2.10 bits per heavy atom. The zero-order valence-electron chi connectivity index (χ0n) is 12.9. The van der Waals surface area contributed by atoms with E-state index in [2.05, 4.69) is 0 Å². The maximum Gasteiger partial charge on any atom is 0.253 e. The molecule has 20 heavy (non-hydrogen) atoms. The molecule has 0 atom stereocenters. The molecule has 1 rings (SSSR count). The summed E-state index contributed by atoms with van der Waals surface area (Å²) in [6, 6.07) is 5.15. The van der Waals surface area contributed by atoms with Gasteiger partial charge in [0.1, 0.15) is 11.5 Å². The molecule has 0 aromatic heterocycles. The van der Waals surface area contributed by atoms with Crippen molar-refractivity contribution >= 4 is 5.91 Å². The van der Waals surface area contributed by atoms with E-state index in [1.54, 1.807) is 44.4 Å². The van der Waals surface area contributed by atoms with Crippen molar-refractivity contribution in [1.29, 1.82) is 0 Å². The molecule has 0 radical (unpaired) electrons. The molecule has 5 heteroatoms. The number of rotatable bonds is 6. The summed E-state index contributed by atoms with van der Waals surface area (Å²) in [6.07, 6.45) is 0. The van der Waals surface area contributed by atoms with Crippen molar-refractivity contribution in [2.24, 2.45) is 11.1 Å². The highest BCUT2D eigenvalue weighted by atomic mass is 16.5. The van der Waals surface area contributed by atoms with Crippen LogP contribution >= 0.6 is 0 Å². The number of methoxy groups -OCH3 is 2. The van der Waals surface area contributed by atoms with Crippen molar-refractivity contribution in [2.75, 3.05) is 34.4 Å². The highest BCUT2D eigenvalue weighted by Crippen LogP contribution is 2.24. The van der Waals surface area contributed by atoms with Gasteiger partial charge < -0.3 is 20.1 Å². The number of hydrogen-bond acceptors (Lipinski definition) is 4. The monoisotopic (exact) mass is 280 g/mol. The summed E-state index contributed by atoms with van der Waals surface area (Å²) in [6.45, 7) is 5.17. The molecule has 1 aromatic rings. The first kappa shape index (κ1) is 16.3. The summed E-state index contributed by atoms with van der Waals surface area (Å²) in [5, 5.41) is 0. The second kappa shape index (κ2) is 6.61. The number of hydrogen-bond donors (Lipinski definition) is 1. The lowest BCUT2D eigenvalue weighted by Gasteiger charge is -2.29. The first-order valence-electron chi connectivity index (χ1n) is 6.51. The van der Waals surface area contributed by atoms with E-state index in [0.717, 1.165) is 0 Å². The summed E-state index contributed by atoms with van der Waals surface area (Å²) in [5.74, 6) is 1.11. The molecule has 0 spiro atoms. The summed E-state index contributed by atoms with van der Waals surface area (Å²) < 4.78 is 10.4. The van der Waals surface area contributed by atoms with Crippen LogP contribution in [0.1, 0.15) is 24.2 Å². The minimum Gasteiger partial charge on any atom is -0.497 e. The minimum atomic E-state index is -0.118. The SMILES string of the molecule is COc1cc(OC)cc(C(=O)N(C)CC(C)(C)CN)c1. The molecular weight excluding hydrogens is 256 g/mol. The smallest absolute Gasteiger partial charge is 0.253 e. The highest BCUT2D eigenvalue weighted by Gasteiger charge is 2.22. The minimum absolute atomic E-state index is 0.0799. The lowest BCUT2D eigenvalue weighted by atomic mass is 9.93. The average molecular weight is 280 g/mol. The largest absolute Gasteiger partial charge is 0.497 e. The number of benzene rings is 1. The van der Waals surface area contributed by atoms with Crippen LogP contribution in [0.5, 0.6) is 11.5 Å². The van der Waals surface area contributed by atoms with Gasteiger partial charge in [-0.1, -0.05) is 13.8 Å². The van der Waals surface area contributed by atoms with Gasteiger partial charge in [-0.05, 0) is 24.1 Å². The Balaban J connectivity index is 2.96. The Hall–Kier alpha value is -1.75. The Kier molecular flexibility index (Phi) is 5.39. The van der Waals surface area contributed by atoms with E-state index in [1.807, 2.05) is 13.8 Å². The van der Waals surface area contributed by atoms with Gasteiger partial charge in [0.25, 0.3) is 5.91 Å². The van der Waals surface area contributed by atoms with Crippen molar-refractivity contribution < 1.29 is 14.3 Å². The highest BCUT2D eigenvalue weighted by molar-refractivity contribution is 5.95. The predicted molar refractivity (Wildman–Crippen MR) is 79.3 cm³/mol. The molecule has 1 amide bonds. The van der Waals surface area contributed by atoms with E-state index in [1.165, 1.54) is 0 Å². The van der Waals surface area contributed by atoms with Crippen LogP contribution in [-0.2, 0) is 0 Å². The van der Waals surface area contributed by atoms with Crippen LogP contribution < -0.4 is 15.2 Å². The Bertz CT molecular complexity index is 450. The van der Waals surface area contributed by atoms with Gasteiger partial charge in [-0.2, -0.15) is 0 Å². The third-order valence-corrected chi connectivity index (χ3v) is 3.16. The molecule has 0 aliphatic carbocycles. The second-order valence-corrected chi connectivity index (χ2v) is 5.63. The number of carbonyl (C=O) groups excluding carboxylic acids is 1. The Labute approximate surface area is 120 Å². The number of ether oxygens (including phenoxy) is 2. The quantitative estimate of drug-likeness (QED) is 0.862. The fraction of sp³-hybridized carbons (Fsp3) is 0.533.